The molecular weight excluding hydrogens is 222 g/mol. The second-order valence-electron chi connectivity index (χ2n) is 5.15. The molecule has 2 fully saturated rings. The summed E-state index contributed by atoms with van der Waals surface area (Å²) in [6.07, 6.45) is 4.96. The zero-order chi connectivity index (χ0) is 12.3. The van der Waals surface area contributed by atoms with Gasteiger partial charge in [-0.05, 0) is 32.1 Å². The Hall–Kier alpha value is -0.650. The summed E-state index contributed by atoms with van der Waals surface area (Å²) >= 11 is 0. The summed E-state index contributed by atoms with van der Waals surface area (Å²) in [6, 6.07) is 0. The van der Waals surface area contributed by atoms with Gasteiger partial charge in [0.15, 0.2) is 0 Å². The number of carbonyl (C=O) groups is 1. The predicted molar refractivity (Wildman–Crippen MR) is 61.7 cm³/mol. The number of rotatable bonds is 4. The van der Waals surface area contributed by atoms with Crippen LogP contribution in [0.25, 0.3) is 0 Å². The van der Waals surface area contributed by atoms with Gasteiger partial charge >= 0.3 is 5.97 Å². The third kappa shape index (κ3) is 3.18. The molecule has 2 aliphatic rings. The van der Waals surface area contributed by atoms with Crippen molar-refractivity contribution in [3.63, 3.8) is 0 Å². The second kappa shape index (κ2) is 5.33. The van der Waals surface area contributed by atoms with E-state index in [-0.39, 0.29) is 12.2 Å². The number of carboxylic acid groups (broad SMARTS) is 1. The monoisotopic (exact) mass is 243 g/mol. The smallest absolute Gasteiger partial charge is 0.323 e. The second-order valence-corrected chi connectivity index (χ2v) is 5.15. The summed E-state index contributed by atoms with van der Waals surface area (Å²) < 4.78 is 11.2. The largest absolute Gasteiger partial charge is 0.480 e. The summed E-state index contributed by atoms with van der Waals surface area (Å²) in [5.74, 6) is -0.914. The first-order chi connectivity index (χ1) is 8.10. The summed E-state index contributed by atoms with van der Waals surface area (Å²) in [5, 5.41) is 9.09. The minimum Gasteiger partial charge on any atom is -0.480 e. The lowest BCUT2D eigenvalue weighted by Gasteiger charge is -2.34. The number of carboxylic acids is 1. The van der Waals surface area contributed by atoms with Crippen LogP contribution in [0.3, 0.4) is 0 Å². The van der Waals surface area contributed by atoms with E-state index >= 15 is 0 Å². The van der Waals surface area contributed by atoms with Crippen LogP contribution >= 0.6 is 0 Å². The van der Waals surface area contributed by atoms with Crippen LogP contribution in [0, 0.1) is 0 Å². The van der Waals surface area contributed by atoms with Crippen molar-refractivity contribution in [3.05, 3.63) is 0 Å². The average Bonchev–Trinajstić information content (AvgIpc) is 2.79. The average molecular weight is 243 g/mol. The Labute approximate surface area is 101 Å². The fraction of sp³-hybridized carbons (Fsp3) is 0.917. The van der Waals surface area contributed by atoms with E-state index in [4.69, 9.17) is 20.3 Å². The zero-order valence-corrected chi connectivity index (χ0v) is 10.1. The van der Waals surface area contributed by atoms with Gasteiger partial charge in [-0.2, -0.15) is 0 Å². The van der Waals surface area contributed by atoms with Crippen LogP contribution in [0.2, 0.25) is 0 Å². The number of nitrogens with two attached hydrogens (primary N) is 1. The van der Waals surface area contributed by atoms with Crippen LogP contribution < -0.4 is 5.73 Å². The highest BCUT2D eigenvalue weighted by atomic mass is 16.5. The number of aliphatic carboxylic acids is 1. The van der Waals surface area contributed by atoms with Crippen molar-refractivity contribution >= 4 is 5.97 Å². The molecule has 5 nitrogen and oxygen atoms in total. The molecule has 5 heteroatoms. The van der Waals surface area contributed by atoms with Crippen LogP contribution in [0.4, 0.5) is 0 Å². The number of hydrogen-bond donors (Lipinski definition) is 2. The third-order valence-electron chi connectivity index (χ3n) is 3.71. The van der Waals surface area contributed by atoms with E-state index in [1.54, 1.807) is 0 Å². The molecule has 0 aromatic heterocycles. The zero-order valence-electron chi connectivity index (χ0n) is 10.1. The molecule has 3 N–H and O–H groups in total. The molecule has 2 rings (SSSR count). The minimum absolute atomic E-state index is 0.0333. The van der Waals surface area contributed by atoms with Crippen molar-refractivity contribution in [1.29, 1.82) is 0 Å². The maximum Gasteiger partial charge on any atom is 0.323 e. The molecule has 0 amide bonds. The molecule has 1 heterocycles. The van der Waals surface area contributed by atoms with Gasteiger partial charge in [0.1, 0.15) is 5.54 Å². The molecule has 1 aliphatic carbocycles. The van der Waals surface area contributed by atoms with Gasteiger partial charge in [-0.15, -0.1) is 0 Å². The van der Waals surface area contributed by atoms with E-state index < -0.39 is 11.5 Å². The van der Waals surface area contributed by atoms with Crippen molar-refractivity contribution in [3.8, 4) is 0 Å². The lowest BCUT2D eigenvalue weighted by Crippen LogP contribution is -2.53. The molecule has 98 valence electrons. The van der Waals surface area contributed by atoms with E-state index in [9.17, 15) is 4.79 Å². The van der Waals surface area contributed by atoms with Crippen LogP contribution in [0.1, 0.15) is 38.5 Å². The van der Waals surface area contributed by atoms with Gasteiger partial charge in [0.25, 0.3) is 0 Å². The predicted octanol–water partition coefficient (Wildman–Crippen LogP) is 0.907. The van der Waals surface area contributed by atoms with Gasteiger partial charge in [-0.1, -0.05) is 0 Å². The first kappa shape index (κ1) is 12.8. The van der Waals surface area contributed by atoms with E-state index in [1.165, 1.54) is 0 Å². The highest BCUT2D eigenvalue weighted by Crippen LogP contribution is 2.29. The third-order valence-corrected chi connectivity index (χ3v) is 3.71. The van der Waals surface area contributed by atoms with Crippen LogP contribution in [0.5, 0.6) is 0 Å². The van der Waals surface area contributed by atoms with Gasteiger partial charge in [0, 0.05) is 13.0 Å². The molecule has 1 saturated heterocycles. The van der Waals surface area contributed by atoms with E-state index in [0.717, 1.165) is 32.3 Å². The minimum atomic E-state index is -1.10. The molecule has 17 heavy (non-hydrogen) atoms. The topological polar surface area (TPSA) is 81.8 Å². The van der Waals surface area contributed by atoms with Gasteiger partial charge < -0.3 is 20.3 Å². The lowest BCUT2D eigenvalue weighted by atomic mass is 9.81. The van der Waals surface area contributed by atoms with Crippen molar-refractivity contribution < 1.29 is 19.4 Å². The quantitative estimate of drug-likeness (QED) is 0.767. The molecule has 0 aromatic rings. The number of hydrogen-bond acceptors (Lipinski definition) is 4. The van der Waals surface area contributed by atoms with Crippen LogP contribution in [-0.2, 0) is 14.3 Å². The number of ether oxygens (including phenoxy) is 2. The fourth-order valence-electron chi connectivity index (χ4n) is 2.61. The van der Waals surface area contributed by atoms with Gasteiger partial charge in [-0.3, -0.25) is 4.79 Å². The van der Waals surface area contributed by atoms with Gasteiger partial charge in [0.05, 0.1) is 18.8 Å². The lowest BCUT2D eigenvalue weighted by molar-refractivity contribution is -0.147. The summed E-state index contributed by atoms with van der Waals surface area (Å²) in [6.45, 7) is 1.38. The normalized spacial score (nSPS) is 38.2. The highest BCUT2D eigenvalue weighted by Gasteiger charge is 2.40. The van der Waals surface area contributed by atoms with Crippen LogP contribution in [0.15, 0.2) is 0 Å². The van der Waals surface area contributed by atoms with Crippen LogP contribution in [-0.4, -0.2) is 42.0 Å². The Balaban J connectivity index is 1.78. The SMILES string of the molecule is NC1(C(=O)O)CCCC(OCC2CCCO2)C1. The molecular formula is C12H21NO4. The van der Waals surface area contributed by atoms with Crippen molar-refractivity contribution in [2.75, 3.05) is 13.2 Å². The Morgan fingerprint density at radius 3 is 2.94 bits per heavy atom. The first-order valence-corrected chi connectivity index (χ1v) is 6.36. The molecule has 1 saturated carbocycles. The fourth-order valence-corrected chi connectivity index (χ4v) is 2.61. The Kier molecular flexibility index (Phi) is 4.01. The standard InChI is InChI=1S/C12H21NO4/c13-12(11(14)15)5-1-3-9(7-12)17-8-10-4-2-6-16-10/h9-10H,1-8,13H2,(H,14,15). The summed E-state index contributed by atoms with van der Waals surface area (Å²) in [7, 11) is 0. The maximum absolute atomic E-state index is 11.1. The Morgan fingerprint density at radius 1 is 1.47 bits per heavy atom. The maximum atomic E-state index is 11.1. The van der Waals surface area contributed by atoms with E-state index in [2.05, 4.69) is 0 Å². The molecule has 0 radical (unpaired) electrons. The molecule has 3 atom stereocenters. The van der Waals surface area contributed by atoms with Crippen molar-refractivity contribution in [2.24, 2.45) is 5.73 Å². The molecule has 3 unspecified atom stereocenters. The van der Waals surface area contributed by atoms with Gasteiger partial charge in [-0.25, -0.2) is 0 Å². The summed E-state index contributed by atoms with van der Waals surface area (Å²) in [4.78, 5) is 11.1. The van der Waals surface area contributed by atoms with Crippen molar-refractivity contribution in [1.82, 2.24) is 0 Å². The Morgan fingerprint density at radius 2 is 2.29 bits per heavy atom. The van der Waals surface area contributed by atoms with Crippen molar-refractivity contribution in [2.45, 2.75) is 56.3 Å². The molecule has 0 bridgehead atoms. The van der Waals surface area contributed by atoms with E-state index in [1.807, 2.05) is 0 Å². The highest BCUT2D eigenvalue weighted by molar-refractivity contribution is 5.78. The first-order valence-electron chi connectivity index (χ1n) is 6.36. The Bertz CT molecular complexity index is 278. The van der Waals surface area contributed by atoms with Gasteiger partial charge in [0.2, 0.25) is 0 Å². The van der Waals surface area contributed by atoms with E-state index in [0.29, 0.717) is 19.4 Å². The molecule has 0 aromatic carbocycles. The summed E-state index contributed by atoms with van der Waals surface area (Å²) in [5.41, 5.74) is 4.77. The molecule has 1 aliphatic heterocycles. The molecule has 0 spiro atoms.